The minimum absolute atomic E-state index is 0.124. The molecule has 0 saturated heterocycles. The molecule has 96 valence electrons. The van der Waals surface area contributed by atoms with E-state index in [2.05, 4.69) is 36.2 Å². The first kappa shape index (κ1) is 13.2. The fourth-order valence-corrected chi connectivity index (χ4v) is 3.41. The Bertz CT molecular complexity index is 430. The molecule has 0 aliphatic carbocycles. The molecular weight excluding hydrogens is 242 g/mol. The zero-order valence-corrected chi connectivity index (χ0v) is 11.3. The Balaban J connectivity index is 1.91. The summed E-state index contributed by atoms with van der Waals surface area (Å²) in [6.45, 7) is 4.36. The molecule has 1 N–H and O–H groups in total. The Morgan fingerprint density at radius 1 is 1.50 bits per heavy atom. The largest absolute Gasteiger partial charge is 0.355 e. The Hall–Kier alpha value is -1.22. The van der Waals surface area contributed by atoms with Gasteiger partial charge in [-0.2, -0.15) is 11.8 Å². The second kappa shape index (κ2) is 6.64. The highest BCUT2D eigenvalue weighted by molar-refractivity contribution is 7.99. The van der Waals surface area contributed by atoms with Crippen molar-refractivity contribution in [1.29, 1.82) is 0 Å². The van der Waals surface area contributed by atoms with Crippen LogP contribution in [0.4, 0.5) is 0 Å². The molecule has 1 aromatic carbocycles. The predicted octanol–water partition coefficient (Wildman–Crippen LogP) is 3.10. The van der Waals surface area contributed by atoms with E-state index in [0.29, 0.717) is 11.7 Å². The van der Waals surface area contributed by atoms with Crippen LogP contribution in [0.25, 0.3) is 0 Å². The molecule has 0 spiro atoms. The van der Waals surface area contributed by atoms with Crippen molar-refractivity contribution in [2.45, 2.75) is 24.5 Å². The standard InChI is InChI=1S/C15H19NOS/c1-2-3-8-15(17)16-11-14-13-7-5-4-6-12(13)9-10-18-14/h2,4-7,14H,1,3,8-11H2,(H,16,17). The van der Waals surface area contributed by atoms with Gasteiger partial charge < -0.3 is 5.32 Å². The molecule has 18 heavy (non-hydrogen) atoms. The topological polar surface area (TPSA) is 29.1 Å². The number of fused-ring (bicyclic) bond motifs is 1. The van der Waals surface area contributed by atoms with Crippen LogP contribution < -0.4 is 5.32 Å². The van der Waals surface area contributed by atoms with Crippen molar-refractivity contribution >= 4 is 17.7 Å². The van der Waals surface area contributed by atoms with Gasteiger partial charge in [-0.3, -0.25) is 4.79 Å². The van der Waals surface area contributed by atoms with Gasteiger partial charge in [-0.25, -0.2) is 0 Å². The van der Waals surface area contributed by atoms with Gasteiger partial charge in [0.25, 0.3) is 0 Å². The van der Waals surface area contributed by atoms with Gasteiger partial charge in [-0.05, 0) is 29.7 Å². The second-order valence-electron chi connectivity index (χ2n) is 4.44. The number of carbonyl (C=O) groups is 1. The average molecular weight is 261 g/mol. The van der Waals surface area contributed by atoms with E-state index < -0.39 is 0 Å². The van der Waals surface area contributed by atoms with Gasteiger partial charge in [0.15, 0.2) is 0 Å². The third-order valence-corrected chi connectivity index (χ3v) is 4.42. The van der Waals surface area contributed by atoms with Gasteiger partial charge in [-0.15, -0.1) is 6.58 Å². The number of hydrogen-bond donors (Lipinski definition) is 1. The van der Waals surface area contributed by atoms with Crippen LogP contribution in [0.5, 0.6) is 0 Å². The van der Waals surface area contributed by atoms with Gasteiger partial charge in [0.2, 0.25) is 5.91 Å². The van der Waals surface area contributed by atoms with Gasteiger partial charge >= 0.3 is 0 Å². The monoisotopic (exact) mass is 261 g/mol. The summed E-state index contributed by atoms with van der Waals surface area (Å²) in [6.07, 6.45) is 4.22. The van der Waals surface area contributed by atoms with Crippen LogP contribution in [-0.2, 0) is 11.2 Å². The molecule has 0 aromatic heterocycles. The number of benzene rings is 1. The van der Waals surface area contributed by atoms with Gasteiger partial charge in [0, 0.05) is 18.2 Å². The van der Waals surface area contributed by atoms with Crippen LogP contribution in [0.1, 0.15) is 29.2 Å². The molecule has 1 unspecified atom stereocenters. The van der Waals surface area contributed by atoms with E-state index in [9.17, 15) is 4.79 Å². The Morgan fingerprint density at radius 2 is 2.33 bits per heavy atom. The third-order valence-electron chi connectivity index (χ3n) is 3.15. The smallest absolute Gasteiger partial charge is 0.220 e. The van der Waals surface area contributed by atoms with Crippen LogP contribution >= 0.6 is 11.8 Å². The van der Waals surface area contributed by atoms with Crippen molar-refractivity contribution in [3.63, 3.8) is 0 Å². The lowest BCUT2D eigenvalue weighted by Gasteiger charge is -2.25. The summed E-state index contributed by atoms with van der Waals surface area (Å²) in [7, 11) is 0. The summed E-state index contributed by atoms with van der Waals surface area (Å²) in [4.78, 5) is 11.6. The summed E-state index contributed by atoms with van der Waals surface area (Å²) in [5.74, 6) is 1.27. The summed E-state index contributed by atoms with van der Waals surface area (Å²) in [6, 6.07) is 8.55. The van der Waals surface area contributed by atoms with E-state index in [1.54, 1.807) is 6.08 Å². The normalized spacial score (nSPS) is 17.9. The molecule has 1 aromatic rings. The fourth-order valence-electron chi connectivity index (χ4n) is 2.17. The number of rotatable bonds is 5. The summed E-state index contributed by atoms with van der Waals surface area (Å²) >= 11 is 1.94. The predicted molar refractivity (Wildman–Crippen MR) is 77.8 cm³/mol. The average Bonchev–Trinajstić information content (AvgIpc) is 2.42. The highest BCUT2D eigenvalue weighted by atomic mass is 32.2. The van der Waals surface area contributed by atoms with Crippen molar-refractivity contribution in [3.05, 3.63) is 48.0 Å². The highest BCUT2D eigenvalue weighted by Gasteiger charge is 2.20. The lowest BCUT2D eigenvalue weighted by Crippen LogP contribution is -2.28. The summed E-state index contributed by atoms with van der Waals surface area (Å²) in [5, 5.41) is 3.43. The molecule has 2 rings (SSSR count). The van der Waals surface area contributed by atoms with Crippen LogP contribution in [0, 0.1) is 0 Å². The van der Waals surface area contributed by atoms with E-state index in [1.165, 1.54) is 11.1 Å². The molecular formula is C15H19NOS. The number of carbonyl (C=O) groups excluding carboxylic acids is 1. The summed E-state index contributed by atoms with van der Waals surface area (Å²) in [5.41, 5.74) is 2.82. The first-order valence-electron chi connectivity index (χ1n) is 6.38. The van der Waals surface area contributed by atoms with Crippen LogP contribution in [0.2, 0.25) is 0 Å². The van der Waals surface area contributed by atoms with Gasteiger partial charge in [0.05, 0.1) is 0 Å². The van der Waals surface area contributed by atoms with Crippen LogP contribution in [0.3, 0.4) is 0 Å². The van der Waals surface area contributed by atoms with Crippen molar-refractivity contribution in [2.75, 3.05) is 12.3 Å². The van der Waals surface area contributed by atoms with Crippen molar-refractivity contribution in [1.82, 2.24) is 5.32 Å². The molecule has 1 aliphatic heterocycles. The molecule has 1 amide bonds. The molecule has 2 nitrogen and oxygen atoms in total. The van der Waals surface area contributed by atoms with E-state index in [4.69, 9.17) is 0 Å². The Morgan fingerprint density at radius 3 is 3.17 bits per heavy atom. The second-order valence-corrected chi connectivity index (χ2v) is 5.75. The van der Waals surface area contributed by atoms with E-state index in [0.717, 1.165) is 25.1 Å². The molecule has 1 aliphatic rings. The maximum atomic E-state index is 11.6. The van der Waals surface area contributed by atoms with Crippen molar-refractivity contribution in [3.8, 4) is 0 Å². The van der Waals surface area contributed by atoms with Crippen molar-refractivity contribution in [2.24, 2.45) is 0 Å². The van der Waals surface area contributed by atoms with Crippen LogP contribution in [-0.4, -0.2) is 18.2 Å². The highest BCUT2D eigenvalue weighted by Crippen LogP contribution is 2.35. The molecule has 0 radical (unpaired) electrons. The maximum absolute atomic E-state index is 11.6. The van der Waals surface area contributed by atoms with Crippen molar-refractivity contribution < 1.29 is 4.79 Å². The van der Waals surface area contributed by atoms with Gasteiger partial charge in [-0.1, -0.05) is 30.3 Å². The number of amides is 1. The Labute approximate surface area is 113 Å². The minimum Gasteiger partial charge on any atom is -0.355 e. The third kappa shape index (κ3) is 3.39. The number of allylic oxidation sites excluding steroid dienone is 1. The zero-order valence-electron chi connectivity index (χ0n) is 10.5. The molecule has 0 fully saturated rings. The number of aryl methyl sites for hydroxylation is 1. The Kier molecular flexibility index (Phi) is 4.88. The van der Waals surface area contributed by atoms with Crippen LogP contribution in [0.15, 0.2) is 36.9 Å². The molecule has 0 bridgehead atoms. The number of hydrogen-bond acceptors (Lipinski definition) is 2. The quantitative estimate of drug-likeness (QED) is 0.825. The first-order valence-corrected chi connectivity index (χ1v) is 7.43. The molecule has 0 saturated carbocycles. The lowest BCUT2D eigenvalue weighted by atomic mass is 10.0. The molecule has 1 atom stereocenters. The minimum atomic E-state index is 0.124. The molecule has 3 heteroatoms. The zero-order chi connectivity index (χ0) is 12.8. The number of thioether (sulfide) groups is 1. The lowest BCUT2D eigenvalue weighted by molar-refractivity contribution is -0.120. The van der Waals surface area contributed by atoms with E-state index >= 15 is 0 Å². The van der Waals surface area contributed by atoms with E-state index in [-0.39, 0.29) is 5.91 Å². The van der Waals surface area contributed by atoms with Gasteiger partial charge in [0.1, 0.15) is 0 Å². The summed E-state index contributed by atoms with van der Waals surface area (Å²) < 4.78 is 0. The number of nitrogens with one attached hydrogen (secondary N) is 1. The molecule has 1 heterocycles. The van der Waals surface area contributed by atoms with E-state index in [1.807, 2.05) is 11.8 Å². The SMILES string of the molecule is C=CCCC(=O)NCC1SCCc2ccccc21. The maximum Gasteiger partial charge on any atom is 0.220 e. The fraction of sp³-hybridized carbons (Fsp3) is 0.400. The first-order chi connectivity index (χ1) is 8.81.